The molecule has 2 aliphatic heterocycles. The van der Waals surface area contributed by atoms with Crippen LogP contribution in [0, 0.1) is 0 Å². The van der Waals surface area contributed by atoms with Crippen LogP contribution in [0.3, 0.4) is 0 Å². The van der Waals surface area contributed by atoms with Gasteiger partial charge < -0.3 is 15.1 Å². The Balaban J connectivity index is 0.00000320. The highest BCUT2D eigenvalue weighted by molar-refractivity contribution is 14.0. The summed E-state index contributed by atoms with van der Waals surface area (Å²) in [5, 5.41) is 3.54. The first-order valence-corrected chi connectivity index (χ1v) is 12.7. The molecule has 3 fully saturated rings. The summed E-state index contributed by atoms with van der Waals surface area (Å²) in [4.78, 5) is 24.0. The lowest BCUT2D eigenvalue weighted by Gasteiger charge is -2.45. The van der Waals surface area contributed by atoms with E-state index >= 15 is 0 Å². The molecule has 1 unspecified atom stereocenters. The van der Waals surface area contributed by atoms with Crippen molar-refractivity contribution in [3.05, 3.63) is 0 Å². The van der Waals surface area contributed by atoms with Crippen LogP contribution in [0.25, 0.3) is 0 Å². The molecule has 0 radical (unpaired) electrons. The quantitative estimate of drug-likeness (QED) is 0.238. The second-order valence-corrected chi connectivity index (χ2v) is 10.6. The third-order valence-electron chi connectivity index (χ3n) is 6.60. The van der Waals surface area contributed by atoms with Crippen LogP contribution in [0.5, 0.6) is 0 Å². The van der Waals surface area contributed by atoms with E-state index in [-0.39, 0.29) is 35.9 Å². The van der Waals surface area contributed by atoms with Gasteiger partial charge >= 0.3 is 0 Å². The summed E-state index contributed by atoms with van der Waals surface area (Å²) in [5.74, 6) is 2.56. The topological polar surface area (TPSA) is 51.2 Å². The maximum absolute atomic E-state index is 12.4. The van der Waals surface area contributed by atoms with E-state index in [2.05, 4.69) is 33.8 Å². The number of amides is 1. The highest BCUT2D eigenvalue weighted by Crippen LogP contribution is 2.42. The van der Waals surface area contributed by atoms with Gasteiger partial charge in [-0.2, -0.15) is 11.8 Å². The number of nitrogens with zero attached hydrogens (tertiary/aromatic N) is 4. The van der Waals surface area contributed by atoms with Crippen LogP contribution in [0.15, 0.2) is 4.99 Å². The average molecular weight is 552 g/mol. The molecule has 6 nitrogen and oxygen atoms in total. The summed E-state index contributed by atoms with van der Waals surface area (Å²) in [6.45, 7) is 8.16. The fraction of sp³-hybridized carbons (Fsp3) is 0.909. The van der Waals surface area contributed by atoms with Crippen LogP contribution in [0.1, 0.15) is 58.3 Å². The Labute approximate surface area is 205 Å². The van der Waals surface area contributed by atoms with E-state index in [4.69, 9.17) is 4.99 Å². The molecule has 1 N–H and O–H groups in total. The second kappa shape index (κ2) is 12.7. The van der Waals surface area contributed by atoms with E-state index < -0.39 is 0 Å². The summed E-state index contributed by atoms with van der Waals surface area (Å²) >= 11 is 2.21. The molecule has 1 amide bonds. The van der Waals surface area contributed by atoms with Gasteiger partial charge in [0.25, 0.3) is 0 Å². The van der Waals surface area contributed by atoms with Crippen molar-refractivity contribution in [2.75, 3.05) is 59.1 Å². The lowest BCUT2D eigenvalue weighted by atomic mass is 9.87. The van der Waals surface area contributed by atoms with Crippen molar-refractivity contribution in [2.45, 2.75) is 69.1 Å². The molecule has 3 aliphatic rings. The smallest absolute Gasteiger partial charge is 0.239 e. The molecule has 30 heavy (non-hydrogen) atoms. The fourth-order valence-electron chi connectivity index (χ4n) is 5.08. The molecule has 0 aromatic heterocycles. The largest absolute Gasteiger partial charge is 0.357 e. The van der Waals surface area contributed by atoms with E-state index in [9.17, 15) is 4.79 Å². The van der Waals surface area contributed by atoms with Crippen LogP contribution < -0.4 is 5.32 Å². The number of carbonyl (C=O) groups is 1. The van der Waals surface area contributed by atoms with E-state index in [0.29, 0.717) is 4.75 Å². The molecule has 3 rings (SSSR count). The molecule has 1 saturated carbocycles. The molecule has 8 heteroatoms. The van der Waals surface area contributed by atoms with Gasteiger partial charge in [0.15, 0.2) is 5.96 Å². The highest BCUT2D eigenvalue weighted by Gasteiger charge is 2.38. The number of likely N-dealkylation sites (N-methyl/N-ethyl adjacent to an activating group) is 1. The number of hydrogen-bond acceptors (Lipinski definition) is 4. The van der Waals surface area contributed by atoms with Gasteiger partial charge in [0.2, 0.25) is 5.91 Å². The molecule has 1 atom stereocenters. The Bertz CT molecular complexity index is 562. The summed E-state index contributed by atoms with van der Waals surface area (Å²) in [6.07, 6.45) is 10.0. The van der Waals surface area contributed by atoms with Gasteiger partial charge in [-0.15, -0.1) is 24.0 Å². The number of rotatable bonds is 6. The van der Waals surface area contributed by atoms with Gasteiger partial charge in [-0.3, -0.25) is 14.7 Å². The van der Waals surface area contributed by atoms with Crippen molar-refractivity contribution in [1.82, 2.24) is 20.0 Å². The number of carbonyl (C=O) groups excluding carboxylic acids is 1. The molecular weight excluding hydrogens is 509 g/mol. The predicted molar refractivity (Wildman–Crippen MR) is 139 cm³/mol. The minimum atomic E-state index is 0. The molecule has 174 valence electrons. The lowest BCUT2D eigenvalue weighted by molar-refractivity contribution is -0.133. The molecule has 2 heterocycles. The molecule has 2 saturated heterocycles. The maximum atomic E-state index is 12.4. The summed E-state index contributed by atoms with van der Waals surface area (Å²) < 4.78 is 0.460. The van der Waals surface area contributed by atoms with Crippen molar-refractivity contribution in [2.24, 2.45) is 4.99 Å². The average Bonchev–Trinajstić information content (AvgIpc) is 3.18. The van der Waals surface area contributed by atoms with Crippen LogP contribution in [0.2, 0.25) is 0 Å². The van der Waals surface area contributed by atoms with E-state index in [1.807, 2.05) is 14.1 Å². The Morgan fingerprint density at radius 2 is 1.97 bits per heavy atom. The molecule has 0 aromatic carbocycles. The number of hydrogen-bond donors (Lipinski definition) is 1. The lowest BCUT2D eigenvalue weighted by Crippen LogP contribution is -2.53. The van der Waals surface area contributed by atoms with Gasteiger partial charge in [-0.05, 0) is 45.6 Å². The van der Waals surface area contributed by atoms with E-state index in [0.717, 1.165) is 64.5 Å². The Morgan fingerprint density at radius 3 is 2.67 bits per heavy atom. The van der Waals surface area contributed by atoms with Crippen LogP contribution in [0.4, 0.5) is 0 Å². The van der Waals surface area contributed by atoms with Gasteiger partial charge in [0.1, 0.15) is 0 Å². The first-order chi connectivity index (χ1) is 14.0. The van der Waals surface area contributed by atoms with Crippen molar-refractivity contribution >= 4 is 47.6 Å². The zero-order valence-corrected chi connectivity index (χ0v) is 22.3. The number of aliphatic imine (C=N–C) groups is 1. The number of likely N-dealkylation sites (tertiary alicyclic amines) is 1. The minimum Gasteiger partial charge on any atom is -0.357 e. The summed E-state index contributed by atoms with van der Waals surface area (Å²) in [5.41, 5.74) is 0. The minimum absolute atomic E-state index is 0. The third-order valence-corrected chi connectivity index (χ3v) is 8.14. The molecule has 0 aromatic rings. The first-order valence-electron chi connectivity index (χ1n) is 11.7. The van der Waals surface area contributed by atoms with Crippen LogP contribution in [-0.4, -0.2) is 96.5 Å². The van der Waals surface area contributed by atoms with Crippen molar-refractivity contribution in [3.8, 4) is 0 Å². The van der Waals surface area contributed by atoms with E-state index in [1.165, 1.54) is 37.9 Å². The molecule has 1 aliphatic carbocycles. The number of halogens is 1. The van der Waals surface area contributed by atoms with E-state index in [1.54, 1.807) is 4.90 Å². The first kappa shape index (κ1) is 26.0. The standard InChI is InChI=1S/C22H41N5OS.HI/c1-4-23-21(27-16-17-29-22(18-27)11-6-5-7-12-22)24-13-9-15-26-14-8-10-19(26)20(28)25(2)3;/h19H,4-18H2,1-3H3,(H,23,24);1H. The van der Waals surface area contributed by atoms with Gasteiger partial charge in [0.05, 0.1) is 6.04 Å². The van der Waals surface area contributed by atoms with Crippen molar-refractivity contribution < 1.29 is 4.79 Å². The normalized spacial score (nSPS) is 24.6. The fourth-order valence-corrected chi connectivity index (χ4v) is 6.65. The SMILES string of the molecule is CCNC(=NCCCN1CCCC1C(=O)N(C)C)N1CCSC2(CCCCC2)C1.I. The molecule has 1 spiro atoms. The van der Waals surface area contributed by atoms with Gasteiger partial charge in [0, 0.05) is 57.3 Å². The van der Waals surface area contributed by atoms with Crippen LogP contribution >= 0.6 is 35.7 Å². The van der Waals surface area contributed by atoms with Gasteiger partial charge in [-0.1, -0.05) is 19.3 Å². The maximum Gasteiger partial charge on any atom is 0.239 e. The number of nitrogens with one attached hydrogen (secondary N) is 1. The summed E-state index contributed by atoms with van der Waals surface area (Å²) in [7, 11) is 3.73. The zero-order valence-electron chi connectivity index (χ0n) is 19.2. The third kappa shape index (κ3) is 6.89. The monoisotopic (exact) mass is 551 g/mol. The van der Waals surface area contributed by atoms with Crippen molar-refractivity contribution in [1.29, 1.82) is 0 Å². The predicted octanol–water partition coefficient (Wildman–Crippen LogP) is 3.26. The Kier molecular flexibility index (Phi) is 11.0. The zero-order chi connectivity index (χ0) is 20.7. The van der Waals surface area contributed by atoms with Gasteiger partial charge in [-0.25, -0.2) is 0 Å². The highest BCUT2D eigenvalue weighted by atomic mass is 127. The van der Waals surface area contributed by atoms with Crippen LogP contribution in [-0.2, 0) is 4.79 Å². The Morgan fingerprint density at radius 1 is 1.20 bits per heavy atom. The Hall–Kier alpha value is -0.220. The molecule has 0 bridgehead atoms. The second-order valence-electron chi connectivity index (χ2n) is 9.03. The number of thioether (sulfide) groups is 1. The summed E-state index contributed by atoms with van der Waals surface area (Å²) in [6, 6.07) is 0.0764. The number of guanidine groups is 1. The van der Waals surface area contributed by atoms with Crippen molar-refractivity contribution in [3.63, 3.8) is 0 Å². The molecular formula is C22H42IN5OS.